The van der Waals surface area contributed by atoms with Gasteiger partial charge in [-0.3, -0.25) is 4.79 Å². The van der Waals surface area contributed by atoms with E-state index in [1.54, 1.807) is 6.92 Å². The van der Waals surface area contributed by atoms with Crippen LogP contribution in [0.4, 0.5) is 4.79 Å². The average molecular weight is 197 g/mol. The minimum absolute atomic E-state index is 0.111. The third-order valence-corrected chi connectivity index (χ3v) is 2.82. The zero-order valence-electron chi connectivity index (χ0n) is 9.04. The highest BCUT2D eigenvalue weighted by atomic mass is 16.2. The number of rotatable bonds is 2. The molecule has 0 N–H and O–H groups in total. The van der Waals surface area contributed by atoms with Gasteiger partial charge in [-0.2, -0.15) is 0 Å². The summed E-state index contributed by atoms with van der Waals surface area (Å²) >= 11 is 0. The summed E-state index contributed by atoms with van der Waals surface area (Å²) in [5.41, 5.74) is 0.419. The minimum atomic E-state index is -0.245. The first-order valence-corrected chi connectivity index (χ1v) is 4.79. The molecule has 0 aliphatic carbocycles. The first-order chi connectivity index (χ1) is 6.42. The number of amides is 3. The van der Waals surface area contributed by atoms with Crippen LogP contribution in [0, 0.1) is 0 Å². The van der Waals surface area contributed by atoms with E-state index >= 15 is 0 Å². The normalized spacial score (nSPS) is 26.8. The average Bonchev–Trinajstić information content (AvgIpc) is 2.44. The lowest BCUT2D eigenvalue weighted by atomic mass is 10.3. The molecule has 0 saturated carbocycles. The number of imide groups is 1. The number of hydrogen-bond donors (Lipinski definition) is 0. The number of urea groups is 1. The summed E-state index contributed by atoms with van der Waals surface area (Å²) in [4.78, 5) is 24.7. The van der Waals surface area contributed by atoms with Crippen LogP contribution in [0.25, 0.3) is 0 Å². The van der Waals surface area contributed by atoms with Crippen LogP contribution in [0.15, 0.2) is 12.2 Å². The smallest absolute Gasteiger partial charge is 0.269 e. The summed E-state index contributed by atoms with van der Waals surface area (Å²) in [5.74, 6) is -0.245. The summed E-state index contributed by atoms with van der Waals surface area (Å²) in [6.45, 7) is 9.07. The standard InChI is InChI=1S/C10H17N2O2/c1-5-12(4)7-6-11(10(12)14)9(13)8(2)3/h2,5-7H2,1,3-4H3/q+1. The molecule has 1 atom stereocenters. The minimum Gasteiger partial charge on any atom is -0.269 e. The molecule has 1 aliphatic rings. The van der Waals surface area contributed by atoms with E-state index in [1.807, 2.05) is 14.0 Å². The van der Waals surface area contributed by atoms with Gasteiger partial charge in [-0.05, 0) is 13.8 Å². The van der Waals surface area contributed by atoms with Gasteiger partial charge in [0.2, 0.25) is 0 Å². The summed E-state index contributed by atoms with van der Waals surface area (Å²) in [6.07, 6.45) is 0. The number of carbonyl (C=O) groups excluding carboxylic acids is 2. The van der Waals surface area contributed by atoms with Gasteiger partial charge in [0.15, 0.2) is 0 Å². The topological polar surface area (TPSA) is 37.4 Å². The number of likely N-dealkylation sites (N-methyl/N-ethyl adjacent to an activating group) is 1. The van der Waals surface area contributed by atoms with Crippen LogP contribution in [0.5, 0.6) is 0 Å². The summed E-state index contributed by atoms with van der Waals surface area (Å²) in [7, 11) is 1.86. The highest BCUT2D eigenvalue weighted by Crippen LogP contribution is 2.17. The number of carbonyl (C=O) groups is 2. The second-order valence-corrected chi connectivity index (χ2v) is 3.96. The van der Waals surface area contributed by atoms with Gasteiger partial charge in [-0.25, -0.2) is 14.2 Å². The maximum absolute atomic E-state index is 11.8. The van der Waals surface area contributed by atoms with Crippen LogP contribution in [-0.4, -0.2) is 48.0 Å². The van der Waals surface area contributed by atoms with Crippen molar-refractivity contribution >= 4 is 11.9 Å². The molecule has 1 unspecified atom stereocenters. The largest absolute Gasteiger partial charge is 0.426 e. The number of nitrogens with zero attached hydrogens (tertiary/aromatic N) is 2. The Morgan fingerprint density at radius 1 is 1.64 bits per heavy atom. The molecule has 1 fully saturated rings. The van der Waals surface area contributed by atoms with Gasteiger partial charge < -0.3 is 0 Å². The van der Waals surface area contributed by atoms with Gasteiger partial charge in [0.05, 0.1) is 20.1 Å². The van der Waals surface area contributed by atoms with E-state index in [0.29, 0.717) is 23.1 Å². The van der Waals surface area contributed by atoms with Crippen molar-refractivity contribution in [3.05, 3.63) is 12.2 Å². The molecule has 1 heterocycles. The molecule has 4 heteroatoms. The predicted octanol–water partition coefficient (Wildman–Crippen LogP) is 0.991. The van der Waals surface area contributed by atoms with Gasteiger partial charge in [-0.1, -0.05) is 6.58 Å². The fraction of sp³-hybridized carbons (Fsp3) is 0.600. The number of quaternary nitrogens is 1. The van der Waals surface area contributed by atoms with E-state index in [1.165, 1.54) is 4.90 Å². The van der Waals surface area contributed by atoms with Crippen molar-refractivity contribution in [1.29, 1.82) is 0 Å². The molecule has 0 spiro atoms. The van der Waals surface area contributed by atoms with Gasteiger partial charge in [-0.15, -0.1) is 0 Å². The Kier molecular flexibility index (Phi) is 2.76. The predicted molar refractivity (Wildman–Crippen MR) is 53.5 cm³/mol. The lowest BCUT2D eigenvalue weighted by Gasteiger charge is -2.23. The molecular formula is C10H17N2O2+. The lowest BCUT2D eigenvalue weighted by Crippen LogP contribution is -2.48. The zero-order valence-corrected chi connectivity index (χ0v) is 9.04. The van der Waals surface area contributed by atoms with Crippen LogP contribution in [0.2, 0.25) is 0 Å². The van der Waals surface area contributed by atoms with Crippen LogP contribution in [0.3, 0.4) is 0 Å². The van der Waals surface area contributed by atoms with Gasteiger partial charge >= 0.3 is 6.03 Å². The second-order valence-electron chi connectivity index (χ2n) is 3.96. The Hall–Kier alpha value is -1.16. The van der Waals surface area contributed by atoms with Crippen LogP contribution in [0.1, 0.15) is 13.8 Å². The summed E-state index contributed by atoms with van der Waals surface area (Å²) < 4.78 is 0.318. The van der Waals surface area contributed by atoms with Crippen molar-refractivity contribution in [2.24, 2.45) is 0 Å². The SMILES string of the molecule is C=C(C)C(=O)N1CC[N+](C)(CC)C1=O. The van der Waals surface area contributed by atoms with E-state index in [-0.39, 0.29) is 11.9 Å². The van der Waals surface area contributed by atoms with E-state index in [2.05, 4.69) is 6.58 Å². The van der Waals surface area contributed by atoms with Gasteiger partial charge in [0.25, 0.3) is 5.91 Å². The molecular weight excluding hydrogens is 180 g/mol. The molecule has 0 radical (unpaired) electrons. The van der Waals surface area contributed by atoms with Crippen molar-refractivity contribution < 1.29 is 14.1 Å². The van der Waals surface area contributed by atoms with Crippen molar-refractivity contribution in [2.45, 2.75) is 13.8 Å². The Morgan fingerprint density at radius 3 is 2.57 bits per heavy atom. The molecule has 1 aliphatic heterocycles. The van der Waals surface area contributed by atoms with Gasteiger partial charge in [0, 0.05) is 5.57 Å². The van der Waals surface area contributed by atoms with Crippen LogP contribution in [-0.2, 0) is 4.79 Å². The first-order valence-electron chi connectivity index (χ1n) is 4.79. The molecule has 14 heavy (non-hydrogen) atoms. The highest BCUT2D eigenvalue weighted by molar-refractivity contribution is 6.02. The molecule has 0 bridgehead atoms. The van der Waals surface area contributed by atoms with Crippen molar-refractivity contribution in [3.8, 4) is 0 Å². The van der Waals surface area contributed by atoms with Crippen LogP contribution >= 0.6 is 0 Å². The molecule has 4 nitrogen and oxygen atoms in total. The summed E-state index contributed by atoms with van der Waals surface area (Å²) in [6, 6.07) is -0.111. The Balaban J connectivity index is 2.84. The molecule has 0 aromatic carbocycles. The van der Waals surface area contributed by atoms with E-state index in [9.17, 15) is 9.59 Å². The van der Waals surface area contributed by atoms with Gasteiger partial charge in [0.1, 0.15) is 6.54 Å². The maximum Gasteiger partial charge on any atom is 0.426 e. The highest BCUT2D eigenvalue weighted by Gasteiger charge is 2.44. The van der Waals surface area contributed by atoms with Crippen LogP contribution < -0.4 is 0 Å². The zero-order chi connectivity index (χ0) is 10.9. The fourth-order valence-electron chi connectivity index (χ4n) is 1.52. The van der Waals surface area contributed by atoms with E-state index < -0.39 is 0 Å². The molecule has 0 aromatic rings. The third kappa shape index (κ3) is 1.57. The van der Waals surface area contributed by atoms with Crippen molar-refractivity contribution in [2.75, 3.05) is 26.7 Å². The summed E-state index contributed by atoms with van der Waals surface area (Å²) in [5, 5.41) is 0. The quantitative estimate of drug-likeness (QED) is 0.489. The molecule has 78 valence electrons. The van der Waals surface area contributed by atoms with Crippen molar-refractivity contribution in [3.63, 3.8) is 0 Å². The van der Waals surface area contributed by atoms with Crippen molar-refractivity contribution in [1.82, 2.24) is 4.90 Å². The molecule has 1 saturated heterocycles. The second kappa shape index (κ2) is 3.53. The first kappa shape index (κ1) is 10.9. The maximum atomic E-state index is 11.8. The lowest BCUT2D eigenvalue weighted by molar-refractivity contribution is -0.818. The fourth-order valence-corrected chi connectivity index (χ4v) is 1.52. The van der Waals surface area contributed by atoms with E-state index in [0.717, 1.165) is 6.54 Å². The third-order valence-electron chi connectivity index (χ3n) is 2.82. The Morgan fingerprint density at radius 2 is 2.21 bits per heavy atom. The van der Waals surface area contributed by atoms with E-state index in [4.69, 9.17) is 0 Å². The Labute approximate surface area is 84.4 Å². The Bertz CT molecular complexity index is 298. The monoisotopic (exact) mass is 197 g/mol. The molecule has 1 rings (SSSR count). The molecule has 0 aromatic heterocycles. The molecule has 3 amide bonds. The number of hydrogen-bond acceptors (Lipinski definition) is 2.